The molecule has 0 unspecified atom stereocenters. The Morgan fingerprint density at radius 3 is 2.34 bits per heavy atom. The van der Waals surface area contributed by atoms with Crippen molar-refractivity contribution in [3.05, 3.63) is 11.9 Å². The maximum absolute atomic E-state index is 11.9. The zero-order valence-corrected chi connectivity index (χ0v) is 19.3. The van der Waals surface area contributed by atoms with Crippen molar-refractivity contribution in [3.8, 4) is 0 Å². The molecule has 0 spiro atoms. The largest absolute Gasteiger partial charge is 0.459 e. The average Bonchev–Trinajstić information content (AvgIpc) is 3.24. The summed E-state index contributed by atoms with van der Waals surface area (Å²) >= 11 is 0. The van der Waals surface area contributed by atoms with Crippen molar-refractivity contribution in [1.29, 1.82) is 0 Å². The quantitative estimate of drug-likeness (QED) is 0.265. The third kappa shape index (κ3) is 8.74. The number of methoxy groups -OCH3 is 1. The maximum atomic E-state index is 11.9. The molecule has 2 heterocycles. The number of nitrogens with zero attached hydrogens (tertiary/aromatic N) is 3. The molecule has 1 aliphatic heterocycles. The van der Waals surface area contributed by atoms with Crippen molar-refractivity contribution in [2.75, 3.05) is 7.11 Å². The summed E-state index contributed by atoms with van der Waals surface area (Å²) in [6.07, 6.45) is 6.74. The molecule has 1 aromatic heterocycles. The van der Waals surface area contributed by atoms with Crippen LogP contribution in [0.3, 0.4) is 0 Å². The molecule has 0 aliphatic carbocycles. The van der Waals surface area contributed by atoms with Crippen molar-refractivity contribution in [3.63, 3.8) is 0 Å². The first-order valence-electron chi connectivity index (χ1n) is 11.7. The van der Waals surface area contributed by atoms with E-state index in [1.165, 1.54) is 50.3 Å². The van der Waals surface area contributed by atoms with E-state index in [0.717, 1.165) is 19.3 Å². The minimum absolute atomic E-state index is 0.0202. The number of aliphatic hydroxyl groups is 3. The average molecular weight is 458 g/mol. The first-order chi connectivity index (χ1) is 15.5. The number of carbonyl (C=O) groups excluding carboxylic acids is 1. The Labute approximate surface area is 189 Å². The molecule has 0 amide bonds. The molecule has 184 valence electrons. The summed E-state index contributed by atoms with van der Waals surface area (Å²) in [6.45, 7) is 2.32. The Morgan fingerprint density at radius 2 is 1.69 bits per heavy atom. The third-order valence-electron chi connectivity index (χ3n) is 5.72. The first-order valence-corrected chi connectivity index (χ1v) is 11.7. The van der Waals surface area contributed by atoms with E-state index in [0.29, 0.717) is 12.1 Å². The second-order valence-corrected chi connectivity index (χ2v) is 8.42. The van der Waals surface area contributed by atoms with E-state index in [9.17, 15) is 20.1 Å². The van der Waals surface area contributed by atoms with Crippen molar-refractivity contribution < 1.29 is 34.3 Å². The fourth-order valence-corrected chi connectivity index (χ4v) is 3.75. The SMILES string of the molecule is CCCCCCCCCCCC(=O)OCc1cn(C[C@H]2O[C@H](OC)[C@H](O)[C@@H](O)[C@@H]2O)nn1. The molecule has 10 heteroatoms. The number of aliphatic hydroxyl groups excluding tert-OH is 3. The zero-order chi connectivity index (χ0) is 23.3. The van der Waals surface area contributed by atoms with Crippen LogP contribution in [0, 0.1) is 0 Å². The van der Waals surface area contributed by atoms with E-state index >= 15 is 0 Å². The lowest BCUT2D eigenvalue weighted by Gasteiger charge is -2.39. The fourth-order valence-electron chi connectivity index (χ4n) is 3.75. The highest BCUT2D eigenvalue weighted by molar-refractivity contribution is 5.69. The molecule has 32 heavy (non-hydrogen) atoms. The van der Waals surface area contributed by atoms with Crippen LogP contribution in [-0.4, -0.2) is 74.1 Å². The molecule has 1 saturated heterocycles. The normalized spacial score (nSPS) is 25.7. The van der Waals surface area contributed by atoms with Gasteiger partial charge in [-0.25, -0.2) is 4.68 Å². The molecule has 0 radical (unpaired) electrons. The zero-order valence-electron chi connectivity index (χ0n) is 19.3. The molecule has 1 fully saturated rings. The van der Waals surface area contributed by atoms with Crippen molar-refractivity contribution in [2.24, 2.45) is 0 Å². The summed E-state index contributed by atoms with van der Waals surface area (Å²) < 4.78 is 17.2. The van der Waals surface area contributed by atoms with Crippen LogP contribution >= 0.6 is 0 Å². The van der Waals surface area contributed by atoms with E-state index in [-0.39, 0.29) is 19.1 Å². The lowest BCUT2D eigenvalue weighted by atomic mass is 9.99. The molecule has 0 aromatic carbocycles. The van der Waals surface area contributed by atoms with Crippen LogP contribution in [0.1, 0.15) is 76.8 Å². The summed E-state index contributed by atoms with van der Waals surface area (Å²) in [5.41, 5.74) is 0.472. The molecule has 0 bridgehead atoms. The predicted molar refractivity (Wildman–Crippen MR) is 115 cm³/mol. The number of rotatable bonds is 15. The molecule has 1 aliphatic rings. The molecular formula is C22H39N3O7. The lowest BCUT2D eigenvalue weighted by Crippen LogP contribution is -2.58. The van der Waals surface area contributed by atoms with E-state index in [1.807, 2.05) is 0 Å². The van der Waals surface area contributed by atoms with Crippen LogP contribution in [0.4, 0.5) is 0 Å². The summed E-state index contributed by atoms with van der Waals surface area (Å²) in [5.74, 6) is -0.256. The van der Waals surface area contributed by atoms with Crippen LogP contribution in [0.2, 0.25) is 0 Å². The predicted octanol–water partition coefficient (Wildman–Crippen LogP) is 1.70. The summed E-state index contributed by atoms with van der Waals surface area (Å²) in [6, 6.07) is 0. The second-order valence-electron chi connectivity index (χ2n) is 8.42. The number of carbonyl (C=O) groups is 1. The summed E-state index contributed by atoms with van der Waals surface area (Å²) in [7, 11) is 1.34. The topological polar surface area (TPSA) is 136 Å². The van der Waals surface area contributed by atoms with E-state index < -0.39 is 30.7 Å². The van der Waals surface area contributed by atoms with Gasteiger partial charge in [-0.05, 0) is 6.42 Å². The van der Waals surface area contributed by atoms with Gasteiger partial charge in [0.2, 0.25) is 0 Å². The number of ether oxygens (including phenoxy) is 3. The van der Waals surface area contributed by atoms with Gasteiger partial charge in [-0.15, -0.1) is 5.10 Å². The van der Waals surface area contributed by atoms with E-state index in [1.54, 1.807) is 6.20 Å². The molecule has 5 atom stereocenters. The van der Waals surface area contributed by atoms with Crippen LogP contribution in [0.5, 0.6) is 0 Å². The summed E-state index contributed by atoms with van der Waals surface area (Å²) in [4.78, 5) is 11.9. The van der Waals surface area contributed by atoms with Gasteiger partial charge in [0.25, 0.3) is 0 Å². The number of unbranched alkanes of at least 4 members (excludes halogenated alkanes) is 8. The van der Waals surface area contributed by atoms with Gasteiger partial charge in [-0.2, -0.15) is 0 Å². The van der Waals surface area contributed by atoms with Gasteiger partial charge in [-0.3, -0.25) is 4.79 Å². The van der Waals surface area contributed by atoms with Gasteiger partial charge in [0.15, 0.2) is 6.29 Å². The Hall–Kier alpha value is -1.59. The summed E-state index contributed by atoms with van der Waals surface area (Å²) in [5, 5.41) is 37.8. The minimum Gasteiger partial charge on any atom is -0.459 e. The highest BCUT2D eigenvalue weighted by Gasteiger charge is 2.44. The number of hydrogen-bond donors (Lipinski definition) is 3. The van der Waals surface area contributed by atoms with Gasteiger partial charge in [0.1, 0.15) is 36.7 Å². The van der Waals surface area contributed by atoms with Crippen molar-refractivity contribution in [1.82, 2.24) is 15.0 Å². The van der Waals surface area contributed by atoms with Gasteiger partial charge < -0.3 is 29.5 Å². The van der Waals surface area contributed by atoms with Gasteiger partial charge >= 0.3 is 5.97 Å². The molecule has 0 saturated carbocycles. The Balaban J connectivity index is 1.62. The number of hydrogen-bond acceptors (Lipinski definition) is 9. The Kier molecular flexibility index (Phi) is 12.1. The van der Waals surface area contributed by atoms with Gasteiger partial charge in [0, 0.05) is 13.5 Å². The molecule has 1 aromatic rings. The monoisotopic (exact) mass is 457 g/mol. The molecule has 2 rings (SSSR count). The van der Waals surface area contributed by atoms with Crippen LogP contribution in [0.25, 0.3) is 0 Å². The molecule has 3 N–H and O–H groups in total. The highest BCUT2D eigenvalue weighted by atomic mass is 16.7. The standard InChI is InChI=1S/C22H39N3O7/c1-3-4-5-6-7-8-9-10-11-12-18(26)31-15-16-13-25(24-23-16)14-17-19(27)20(28)21(29)22(30-2)32-17/h13,17,19-22,27-29H,3-12,14-15H2,1-2H3/t17-,19-,20+,21-,22+/m1/s1. The lowest BCUT2D eigenvalue weighted by molar-refractivity contribution is -0.292. The van der Waals surface area contributed by atoms with Gasteiger partial charge in [-0.1, -0.05) is 63.5 Å². The second kappa shape index (κ2) is 14.5. The number of esters is 1. The Bertz CT molecular complexity index is 655. The highest BCUT2D eigenvalue weighted by Crippen LogP contribution is 2.22. The molecular weight excluding hydrogens is 418 g/mol. The smallest absolute Gasteiger partial charge is 0.306 e. The van der Waals surface area contributed by atoms with E-state index in [2.05, 4.69) is 17.2 Å². The minimum atomic E-state index is -1.40. The first kappa shape index (κ1) is 26.7. The maximum Gasteiger partial charge on any atom is 0.306 e. The number of aromatic nitrogens is 3. The van der Waals surface area contributed by atoms with Crippen LogP contribution in [-0.2, 0) is 32.2 Å². The van der Waals surface area contributed by atoms with Crippen molar-refractivity contribution in [2.45, 2.75) is 115 Å². The van der Waals surface area contributed by atoms with Gasteiger partial charge in [0.05, 0.1) is 12.7 Å². The van der Waals surface area contributed by atoms with Crippen LogP contribution < -0.4 is 0 Å². The Morgan fingerprint density at radius 1 is 1.03 bits per heavy atom. The van der Waals surface area contributed by atoms with Crippen molar-refractivity contribution >= 4 is 5.97 Å². The fraction of sp³-hybridized carbons (Fsp3) is 0.864. The third-order valence-corrected chi connectivity index (χ3v) is 5.72. The van der Waals surface area contributed by atoms with E-state index in [4.69, 9.17) is 14.2 Å². The molecule has 10 nitrogen and oxygen atoms in total. The van der Waals surface area contributed by atoms with Crippen LogP contribution in [0.15, 0.2) is 6.20 Å².